The van der Waals surface area contributed by atoms with Gasteiger partial charge in [0.1, 0.15) is 5.82 Å². The minimum absolute atomic E-state index is 0.333. The number of rotatable bonds is 5. The van der Waals surface area contributed by atoms with Gasteiger partial charge in [0.15, 0.2) is 5.03 Å². The molecule has 1 aliphatic carbocycles. The first-order chi connectivity index (χ1) is 12.1. The molecule has 3 aliphatic rings. The second-order valence-corrected chi connectivity index (χ2v) is 9.78. The van der Waals surface area contributed by atoms with Gasteiger partial charge in [0.2, 0.25) is 0 Å². The predicted octanol–water partition coefficient (Wildman–Crippen LogP) is 2.15. The van der Waals surface area contributed by atoms with Crippen LogP contribution in [-0.2, 0) is 23.0 Å². The van der Waals surface area contributed by atoms with Crippen molar-refractivity contribution in [2.45, 2.75) is 69.4 Å². The smallest absolute Gasteiger partial charge is 0.257 e. The number of nitrogens with zero attached hydrogens (tertiary/aromatic N) is 3. The Morgan fingerprint density at radius 2 is 1.80 bits per heavy atom. The molecule has 1 saturated carbocycles. The van der Waals surface area contributed by atoms with Gasteiger partial charge in [-0.05, 0) is 50.6 Å². The van der Waals surface area contributed by atoms with Crippen molar-refractivity contribution < 1.29 is 8.42 Å². The van der Waals surface area contributed by atoms with Crippen LogP contribution >= 0.6 is 0 Å². The summed E-state index contributed by atoms with van der Waals surface area (Å²) >= 11 is 0. The molecule has 0 amide bonds. The number of likely N-dealkylation sites (tertiary alicyclic amines) is 1. The van der Waals surface area contributed by atoms with E-state index in [1.165, 1.54) is 51.1 Å². The molecule has 25 heavy (non-hydrogen) atoms. The molecule has 0 aromatic carbocycles. The summed E-state index contributed by atoms with van der Waals surface area (Å²) in [5.74, 6) is 0.897. The fraction of sp³-hybridized carbons (Fsp3) is 0.833. The second kappa shape index (κ2) is 7.00. The molecular weight excluding hydrogens is 336 g/mol. The third-order valence-electron chi connectivity index (χ3n) is 6.51. The van der Waals surface area contributed by atoms with Crippen molar-refractivity contribution in [1.29, 1.82) is 0 Å². The van der Waals surface area contributed by atoms with Crippen molar-refractivity contribution in [2.24, 2.45) is 5.41 Å². The highest BCUT2D eigenvalue weighted by atomic mass is 32.2. The lowest BCUT2D eigenvalue weighted by atomic mass is 9.68. The Bertz CT molecular complexity index is 697. The van der Waals surface area contributed by atoms with Crippen LogP contribution in [-0.4, -0.2) is 49.0 Å². The maximum absolute atomic E-state index is 12.5. The first kappa shape index (κ1) is 17.5. The van der Waals surface area contributed by atoms with Crippen molar-refractivity contribution in [2.75, 3.05) is 26.2 Å². The van der Waals surface area contributed by atoms with Crippen LogP contribution in [0, 0.1) is 5.41 Å². The molecule has 2 fully saturated rings. The Labute approximate surface area is 151 Å². The topological polar surface area (TPSA) is 67.2 Å². The summed E-state index contributed by atoms with van der Waals surface area (Å²) in [6.45, 7) is 4.28. The summed E-state index contributed by atoms with van der Waals surface area (Å²) < 4.78 is 29.7. The molecule has 0 atom stereocenters. The number of aromatic nitrogens is 2. The lowest BCUT2D eigenvalue weighted by Crippen LogP contribution is -2.44. The molecule has 7 heteroatoms. The summed E-state index contributed by atoms with van der Waals surface area (Å²) in [7, 11) is -3.45. The Morgan fingerprint density at radius 1 is 1.04 bits per heavy atom. The summed E-state index contributed by atoms with van der Waals surface area (Å²) in [5.41, 5.74) is 0.604. The fourth-order valence-electron chi connectivity index (χ4n) is 4.91. The molecule has 0 radical (unpaired) electrons. The van der Waals surface area contributed by atoms with Gasteiger partial charge in [-0.3, -0.25) is 0 Å². The van der Waals surface area contributed by atoms with Gasteiger partial charge in [0.25, 0.3) is 10.0 Å². The zero-order valence-electron chi connectivity index (χ0n) is 15.0. The molecular formula is C18H30N4O2S. The van der Waals surface area contributed by atoms with E-state index in [4.69, 9.17) is 0 Å². The number of piperidine rings is 1. The summed E-state index contributed by atoms with van der Waals surface area (Å²) in [4.78, 5) is 6.66. The van der Waals surface area contributed by atoms with Crippen LogP contribution in [0.3, 0.4) is 0 Å². The highest BCUT2D eigenvalue weighted by molar-refractivity contribution is 7.89. The third kappa shape index (κ3) is 3.64. The van der Waals surface area contributed by atoms with Crippen LogP contribution in [0.5, 0.6) is 0 Å². The Morgan fingerprint density at radius 3 is 2.56 bits per heavy atom. The highest BCUT2D eigenvalue weighted by Crippen LogP contribution is 2.44. The first-order valence-corrected chi connectivity index (χ1v) is 11.3. The molecule has 1 aromatic rings. The lowest BCUT2D eigenvalue weighted by molar-refractivity contribution is 0.0690. The number of nitrogens with one attached hydrogen (secondary N) is 1. The van der Waals surface area contributed by atoms with Crippen molar-refractivity contribution >= 4 is 10.0 Å². The van der Waals surface area contributed by atoms with Gasteiger partial charge >= 0.3 is 0 Å². The van der Waals surface area contributed by atoms with Crippen LogP contribution < -0.4 is 4.72 Å². The van der Waals surface area contributed by atoms with Crippen LogP contribution in [0.1, 0.15) is 57.2 Å². The molecule has 3 heterocycles. The molecule has 0 bridgehead atoms. The van der Waals surface area contributed by atoms with E-state index in [9.17, 15) is 8.42 Å². The number of fused-ring (bicyclic) bond motifs is 1. The van der Waals surface area contributed by atoms with Crippen LogP contribution in [0.4, 0.5) is 0 Å². The normalized spacial score (nSPS) is 23.8. The quantitative estimate of drug-likeness (QED) is 0.867. The predicted molar refractivity (Wildman–Crippen MR) is 96.9 cm³/mol. The van der Waals surface area contributed by atoms with E-state index in [1.54, 1.807) is 0 Å². The van der Waals surface area contributed by atoms with E-state index in [0.29, 0.717) is 17.0 Å². The summed E-state index contributed by atoms with van der Waals surface area (Å²) in [6.07, 6.45) is 13.0. The third-order valence-corrected chi connectivity index (χ3v) is 7.97. The lowest BCUT2D eigenvalue weighted by Gasteiger charge is -2.44. The number of aryl methyl sites for hydroxylation is 1. The van der Waals surface area contributed by atoms with Gasteiger partial charge in [-0.1, -0.05) is 19.3 Å². The molecule has 140 valence electrons. The van der Waals surface area contributed by atoms with Gasteiger partial charge < -0.3 is 9.47 Å². The maximum Gasteiger partial charge on any atom is 0.257 e. The number of hydrogen-bond donors (Lipinski definition) is 1. The van der Waals surface area contributed by atoms with Crippen molar-refractivity contribution in [3.8, 4) is 0 Å². The number of hydrogen-bond acceptors (Lipinski definition) is 4. The van der Waals surface area contributed by atoms with Crippen molar-refractivity contribution in [1.82, 2.24) is 19.2 Å². The number of imidazole rings is 1. The molecule has 0 unspecified atom stereocenters. The largest absolute Gasteiger partial charge is 0.318 e. The first-order valence-electron chi connectivity index (χ1n) is 9.85. The van der Waals surface area contributed by atoms with Crippen molar-refractivity contribution in [3.05, 3.63) is 12.0 Å². The summed E-state index contributed by atoms with van der Waals surface area (Å²) in [5, 5.41) is 0.333. The minimum Gasteiger partial charge on any atom is -0.318 e. The Kier molecular flexibility index (Phi) is 4.90. The van der Waals surface area contributed by atoms with Gasteiger partial charge in [-0.2, -0.15) is 0 Å². The molecule has 6 nitrogen and oxygen atoms in total. The molecule has 2 aliphatic heterocycles. The van der Waals surface area contributed by atoms with E-state index in [0.717, 1.165) is 44.8 Å². The van der Waals surface area contributed by atoms with E-state index < -0.39 is 10.0 Å². The zero-order valence-corrected chi connectivity index (χ0v) is 15.9. The van der Waals surface area contributed by atoms with Crippen molar-refractivity contribution in [3.63, 3.8) is 0 Å². The minimum atomic E-state index is -3.45. The SMILES string of the molecule is O=S(=O)(NCCN1CCC2(CCCCC2)CC1)c1cnc2n1CCC2. The van der Waals surface area contributed by atoms with Gasteiger partial charge in [0, 0.05) is 26.1 Å². The number of sulfonamides is 1. The van der Waals surface area contributed by atoms with Gasteiger partial charge in [-0.15, -0.1) is 0 Å². The van der Waals surface area contributed by atoms with Crippen LogP contribution in [0.15, 0.2) is 11.2 Å². The zero-order chi connectivity index (χ0) is 17.3. The molecule has 4 rings (SSSR count). The molecule has 1 N–H and O–H groups in total. The second-order valence-electron chi connectivity index (χ2n) is 8.07. The van der Waals surface area contributed by atoms with E-state index >= 15 is 0 Å². The fourth-order valence-corrected chi connectivity index (χ4v) is 6.10. The Balaban J connectivity index is 1.27. The van der Waals surface area contributed by atoms with Gasteiger partial charge in [-0.25, -0.2) is 18.1 Å². The van der Waals surface area contributed by atoms with Crippen LogP contribution in [0.2, 0.25) is 0 Å². The standard InChI is InChI=1S/C18H30N4O2S/c23-25(24,17-15-19-16-5-4-11-22(16)17)20-10-14-21-12-8-18(9-13-21)6-2-1-3-7-18/h15,20H,1-14H2. The van der Waals surface area contributed by atoms with E-state index in [1.807, 2.05) is 4.57 Å². The average molecular weight is 367 g/mol. The van der Waals surface area contributed by atoms with E-state index in [-0.39, 0.29) is 0 Å². The van der Waals surface area contributed by atoms with Crippen LogP contribution in [0.25, 0.3) is 0 Å². The average Bonchev–Trinajstić information content (AvgIpc) is 3.21. The van der Waals surface area contributed by atoms with Gasteiger partial charge in [0.05, 0.1) is 6.20 Å². The summed E-state index contributed by atoms with van der Waals surface area (Å²) in [6, 6.07) is 0. The Hall–Kier alpha value is -0.920. The molecule has 1 spiro atoms. The molecule has 1 aromatic heterocycles. The van der Waals surface area contributed by atoms with E-state index in [2.05, 4.69) is 14.6 Å². The maximum atomic E-state index is 12.5. The molecule has 1 saturated heterocycles. The highest BCUT2D eigenvalue weighted by Gasteiger charge is 2.35. The monoisotopic (exact) mass is 366 g/mol.